The van der Waals surface area contributed by atoms with Crippen LogP contribution in [0, 0.1) is 25.2 Å². The number of alkyl halides is 3. The molecule has 0 radical (unpaired) electrons. The summed E-state index contributed by atoms with van der Waals surface area (Å²) < 4.78 is 42.9. The molecule has 1 heterocycles. The average Bonchev–Trinajstić information content (AvgIpc) is 2.38. The quantitative estimate of drug-likeness (QED) is 0.825. The summed E-state index contributed by atoms with van der Waals surface area (Å²) in [5.41, 5.74) is 0.686. The Bertz CT molecular complexity index is 701. The predicted molar refractivity (Wildman–Crippen MR) is 69.9 cm³/mol. The average molecular weight is 292 g/mol. The molecule has 0 fully saturated rings. The van der Waals surface area contributed by atoms with E-state index in [0.717, 1.165) is 12.1 Å². The maximum atomic E-state index is 12.5. The largest absolute Gasteiger partial charge is 0.456 e. The molecule has 0 spiro atoms. The van der Waals surface area contributed by atoms with Crippen LogP contribution in [0.3, 0.4) is 0 Å². The van der Waals surface area contributed by atoms with Crippen molar-refractivity contribution in [1.82, 2.24) is 4.98 Å². The highest BCUT2D eigenvalue weighted by Crippen LogP contribution is 2.32. The topological polar surface area (TPSA) is 45.9 Å². The molecule has 0 unspecified atom stereocenters. The Morgan fingerprint density at radius 3 is 2.29 bits per heavy atom. The van der Waals surface area contributed by atoms with Crippen LogP contribution in [0.4, 0.5) is 13.2 Å². The number of hydrogen-bond donors (Lipinski definition) is 0. The van der Waals surface area contributed by atoms with Crippen molar-refractivity contribution in [2.75, 3.05) is 0 Å². The van der Waals surface area contributed by atoms with Gasteiger partial charge >= 0.3 is 6.18 Å². The van der Waals surface area contributed by atoms with Crippen molar-refractivity contribution in [3.05, 3.63) is 52.8 Å². The molecule has 0 aliphatic heterocycles. The molecule has 21 heavy (non-hydrogen) atoms. The number of halogens is 3. The zero-order valence-corrected chi connectivity index (χ0v) is 11.3. The van der Waals surface area contributed by atoms with Crippen LogP contribution in [0.5, 0.6) is 11.5 Å². The number of rotatable bonds is 2. The molecule has 0 saturated heterocycles. The molecule has 3 nitrogen and oxygen atoms in total. The van der Waals surface area contributed by atoms with E-state index >= 15 is 0 Å². The SMILES string of the molecule is Cc1cc(Oc2ccc(C(F)(F)F)cc2)c(C#N)c(C)n1. The van der Waals surface area contributed by atoms with Gasteiger partial charge in [0.2, 0.25) is 0 Å². The Hall–Kier alpha value is -2.55. The van der Waals surface area contributed by atoms with Gasteiger partial charge in [-0.15, -0.1) is 0 Å². The molecule has 2 rings (SSSR count). The summed E-state index contributed by atoms with van der Waals surface area (Å²) in [6, 6.07) is 7.85. The lowest BCUT2D eigenvalue weighted by Crippen LogP contribution is -2.04. The van der Waals surface area contributed by atoms with Crippen molar-refractivity contribution in [1.29, 1.82) is 5.26 Å². The lowest BCUT2D eigenvalue weighted by atomic mass is 10.1. The number of aromatic nitrogens is 1. The zero-order chi connectivity index (χ0) is 15.6. The third-order valence-corrected chi connectivity index (χ3v) is 2.81. The maximum absolute atomic E-state index is 12.5. The molecule has 0 bridgehead atoms. The first kappa shape index (κ1) is 14.9. The number of aryl methyl sites for hydroxylation is 2. The number of hydrogen-bond acceptors (Lipinski definition) is 3. The van der Waals surface area contributed by atoms with Gasteiger partial charge in [-0.1, -0.05) is 0 Å². The van der Waals surface area contributed by atoms with Gasteiger partial charge in [0.25, 0.3) is 0 Å². The molecule has 6 heteroatoms. The summed E-state index contributed by atoms with van der Waals surface area (Å²) in [4.78, 5) is 4.14. The van der Waals surface area contributed by atoms with E-state index in [-0.39, 0.29) is 17.1 Å². The highest BCUT2D eigenvalue weighted by molar-refractivity contribution is 5.48. The van der Waals surface area contributed by atoms with Crippen LogP contribution in [0.2, 0.25) is 0 Å². The molecule has 0 aliphatic rings. The summed E-state index contributed by atoms with van der Waals surface area (Å²) in [7, 11) is 0. The lowest BCUT2D eigenvalue weighted by Gasteiger charge is -2.11. The highest BCUT2D eigenvalue weighted by Gasteiger charge is 2.30. The molecule has 0 amide bonds. The second-order valence-corrected chi connectivity index (χ2v) is 4.46. The zero-order valence-electron chi connectivity index (χ0n) is 11.3. The van der Waals surface area contributed by atoms with Crippen LogP contribution in [-0.2, 0) is 6.18 Å². The van der Waals surface area contributed by atoms with Gasteiger partial charge in [0.1, 0.15) is 23.1 Å². The van der Waals surface area contributed by atoms with Gasteiger partial charge in [0, 0.05) is 11.8 Å². The third-order valence-electron chi connectivity index (χ3n) is 2.81. The van der Waals surface area contributed by atoms with E-state index in [9.17, 15) is 13.2 Å². The molecule has 1 aromatic carbocycles. The first-order chi connectivity index (χ1) is 9.81. The Kier molecular flexibility index (Phi) is 3.85. The molecule has 0 saturated carbocycles. The van der Waals surface area contributed by atoms with Gasteiger partial charge in [-0.3, -0.25) is 4.98 Å². The van der Waals surface area contributed by atoms with E-state index in [0.29, 0.717) is 11.4 Å². The number of ether oxygens (including phenoxy) is 1. The van der Waals surface area contributed by atoms with Gasteiger partial charge in [-0.2, -0.15) is 18.4 Å². The second-order valence-electron chi connectivity index (χ2n) is 4.46. The summed E-state index contributed by atoms with van der Waals surface area (Å²) in [6.45, 7) is 3.42. The van der Waals surface area contributed by atoms with Gasteiger partial charge in [0.15, 0.2) is 0 Å². The van der Waals surface area contributed by atoms with Gasteiger partial charge in [-0.25, -0.2) is 0 Å². The number of nitrogens with zero attached hydrogens (tertiary/aromatic N) is 2. The summed E-state index contributed by atoms with van der Waals surface area (Å²) in [5.74, 6) is 0.506. The molecule has 2 aromatic rings. The van der Waals surface area contributed by atoms with E-state index in [1.54, 1.807) is 19.9 Å². The van der Waals surface area contributed by atoms with E-state index in [1.165, 1.54) is 12.1 Å². The third kappa shape index (κ3) is 3.31. The monoisotopic (exact) mass is 292 g/mol. The lowest BCUT2D eigenvalue weighted by molar-refractivity contribution is -0.137. The summed E-state index contributed by atoms with van der Waals surface area (Å²) in [6.07, 6.45) is -4.39. The first-order valence-electron chi connectivity index (χ1n) is 6.04. The normalized spacial score (nSPS) is 11.0. The van der Waals surface area contributed by atoms with Crippen molar-refractivity contribution in [3.63, 3.8) is 0 Å². The van der Waals surface area contributed by atoms with Crippen molar-refractivity contribution in [2.24, 2.45) is 0 Å². The highest BCUT2D eigenvalue weighted by atomic mass is 19.4. The maximum Gasteiger partial charge on any atom is 0.416 e. The molecule has 108 valence electrons. The summed E-state index contributed by atoms with van der Waals surface area (Å²) in [5, 5.41) is 9.10. The fraction of sp³-hybridized carbons (Fsp3) is 0.200. The fourth-order valence-corrected chi connectivity index (χ4v) is 1.85. The number of benzene rings is 1. The Balaban J connectivity index is 2.33. The van der Waals surface area contributed by atoms with Crippen LogP contribution in [0.15, 0.2) is 30.3 Å². The standard InChI is InChI=1S/C15H11F3N2O/c1-9-7-14(13(8-19)10(2)20-9)21-12-5-3-11(4-6-12)15(16,17)18/h3-7H,1-2H3. The molecule has 0 atom stereocenters. The minimum Gasteiger partial charge on any atom is -0.456 e. The van der Waals surface area contributed by atoms with E-state index in [1.807, 2.05) is 6.07 Å². The molecule has 1 aromatic heterocycles. The Labute approximate surface area is 119 Å². The van der Waals surface area contributed by atoms with Crippen LogP contribution < -0.4 is 4.74 Å². The minimum absolute atomic E-state index is 0.226. The van der Waals surface area contributed by atoms with Crippen LogP contribution >= 0.6 is 0 Å². The van der Waals surface area contributed by atoms with Gasteiger partial charge < -0.3 is 4.74 Å². The number of pyridine rings is 1. The van der Waals surface area contributed by atoms with Gasteiger partial charge in [-0.05, 0) is 38.1 Å². The van der Waals surface area contributed by atoms with E-state index in [2.05, 4.69) is 4.98 Å². The predicted octanol–water partition coefficient (Wildman–Crippen LogP) is 4.38. The summed E-state index contributed by atoms with van der Waals surface area (Å²) >= 11 is 0. The molecule has 0 N–H and O–H groups in total. The van der Waals surface area contributed by atoms with Crippen molar-refractivity contribution >= 4 is 0 Å². The van der Waals surface area contributed by atoms with Crippen molar-refractivity contribution < 1.29 is 17.9 Å². The Morgan fingerprint density at radius 2 is 1.76 bits per heavy atom. The van der Waals surface area contributed by atoms with E-state index in [4.69, 9.17) is 10.00 Å². The fourth-order valence-electron chi connectivity index (χ4n) is 1.85. The minimum atomic E-state index is -4.39. The van der Waals surface area contributed by atoms with Crippen molar-refractivity contribution in [2.45, 2.75) is 20.0 Å². The molecular weight excluding hydrogens is 281 g/mol. The first-order valence-corrected chi connectivity index (χ1v) is 6.04. The smallest absolute Gasteiger partial charge is 0.416 e. The second kappa shape index (κ2) is 5.44. The number of nitriles is 1. The molecule has 0 aliphatic carbocycles. The van der Waals surface area contributed by atoms with Crippen LogP contribution in [0.25, 0.3) is 0 Å². The molecular formula is C15H11F3N2O. The van der Waals surface area contributed by atoms with Crippen LogP contribution in [0.1, 0.15) is 22.5 Å². The Morgan fingerprint density at radius 1 is 1.14 bits per heavy atom. The van der Waals surface area contributed by atoms with Crippen molar-refractivity contribution in [3.8, 4) is 17.6 Å². The van der Waals surface area contributed by atoms with E-state index < -0.39 is 11.7 Å². The van der Waals surface area contributed by atoms with Crippen LogP contribution in [-0.4, -0.2) is 4.98 Å². The van der Waals surface area contributed by atoms with Gasteiger partial charge in [0.05, 0.1) is 11.3 Å².